The van der Waals surface area contributed by atoms with Gasteiger partial charge in [-0.05, 0) is 32.5 Å². The summed E-state index contributed by atoms with van der Waals surface area (Å²) >= 11 is 0. The Morgan fingerprint density at radius 2 is 2.16 bits per heavy atom. The minimum Gasteiger partial charge on any atom is -0.465 e. The Morgan fingerprint density at radius 3 is 2.58 bits per heavy atom. The fourth-order valence-corrected chi connectivity index (χ4v) is 1.81. The molecule has 1 rings (SSSR count). The quantitative estimate of drug-likeness (QED) is 0.790. The Hall–Kier alpha value is -1.46. The van der Waals surface area contributed by atoms with Crippen LogP contribution < -0.4 is 0 Å². The molecule has 0 aliphatic rings. The van der Waals surface area contributed by atoms with Gasteiger partial charge in [0.2, 0.25) is 0 Å². The number of hydrogen-bond acceptors (Lipinski definition) is 5. The van der Waals surface area contributed by atoms with Gasteiger partial charge >= 0.3 is 5.97 Å². The van der Waals surface area contributed by atoms with E-state index < -0.39 is 5.60 Å². The summed E-state index contributed by atoms with van der Waals surface area (Å²) in [5, 5.41) is 9.82. The average Bonchev–Trinajstić information content (AvgIpc) is 2.36. The summed E-state index contributed by atoms with van der Waals surface area (Å²) in [6.07, 6.45) is 1.51. The van der Waals surface area contributed by atoms with Gasteiger partial charge in [-0.2, -0.15) is 0 Å². The molecular weight excluding hydrogens is 244 g/mol. The number of ether oxygens (including phenoxy) is 1. The van der Waals surface area contributed by atoms with E-state index in [4.69, 9.17) is 0 Å². The third kappa shape index (κ3) is 5.36. The summed E-state index contributed by atoms with van der Waals surface area (Å²) in [7, 11) is 1.35. The number of rotatable bonds is 6. The van der Waals surface area contributed by atoms with Crippen LogP contribution in [0.5, 0.6) is 0 Å². The lowest BCUT2D eigenvalue weighted by molar-refractivity contribution is 0.0350. The number of carbonyl (C=O) groups excluding carboxylic acids is 1. The minimum absolute atomic E-state index is 0.386. The SMILES string of the molecule is CCN(Cc1ccc(C(=O)OC)cn1)CC(C)(C)O. The first-order valence-corrected chi connectivity index (χ1v) is 6.33. The second-order valence-electron chi connectivity index (χ2n) is 5.15. The third-order valence-corrected chi connectivity index (χ3v) is 2.69. The highest BCUT2D eigenvalue weighted by molar-refractivity contribution is 5.88. The molecule has 0 aliphatic heterocycles. The van der Waals surface area contributed by atoms with Gasteiger partial charge in [-0.15, -0.1) is 0 Å². The molecule has 0 radical (unpaired) electrons. The highest BCUT2D eigenvalue weighted by Gasteiger charge is 2.17. The van der Waals surface area contributed by atoms with Crippen LogP contribution in [0.1, 0.15) is 36.8 Å². The molecule has 19 heavy (non-hydrogen) atoms. The number of pyridine rings is 1. The van der Waals surface area contributed by atoms with E-state index in [-0.39, 0.29) is 5.97 Å². The highest BCUT2D eigenvalue weighted by atomic mass is 16.5. The number of hydrogen-bond donors (Lipinski definition) is 1. The summed E-state index contributed by atoms with van der Waals surface area (Å²) in [6, 6.07) is 3.51. The van der Waals surface area contributed by atoms with Crippen LogP contribution >= 0.6 is 0 Å². The van der Waals surface area contributed by atoms with Crippen LogP contribution in [-0.2, 0) is 11.3 Å². The molecule has 0 amide bonds. The van der Waals surface area contributed by atoms with E-state index in [2.05, 4.69) is 14.6 Å². The molecule has 0 unspecified atom stereocenters. The van der Waals surface area contributed by atoms with Gasteiger partial charge < -0.3 is 9.84 Å². The molecule has 1 aromatic rings. The smallest absolute Gasteiger partial charge is 0.339 e. The number of aromatic nitrogens is 1. The van der Waals surface area contributed by atoms with E-state index >= 15 is 0 Å². The topological polar surface area (TPSA) is 62.7 Å². The Balaban J connectivity index is 2.68. The van der Waals surface area contributed by atoms with Gasteiger partial charge in [0.15, 0.2) is 0 Å². The zero-order valence-corrected chi connectivity index (χ0v) is 12.0. The summed E-state index contributed by atoms with van der Waals surface area (Å²) in [5.41, 5.74) is 0.567. The summed E-state index contributed by atoms with van der Waals surface area (Å²) in [6.45, 7) is 7.64. The van der Waals surface area contributed by atoms with Crippen molar-refractivity contribution >= 4 is 5.97 Å². The minimum atomic E-state index is -0.734. The molecular formula is C14H22N2O3. The third-order valence-electron chi connectivity index (χ3n) is 2.69. The van der Waals surface area contributed by atoms with Gasteiger partial charge in [0.05, 0.1) is 24.0 Å². The predicted octanol–water partition coefficient (Wildman–Crippen LogP) is 1.46. The number of carbonyl (C=O) groups is 1. The van der Waals surface area contributed by atoms with Crippen molar-refractivity contribution in [3.05, 3.63) is 29.6 Å². The lowest BCUT2D eigenvalue weighted by atomic mass is 10.1. The number of methoxy groups -OCH3 is 1. The van der Waals surface area contributed by atoms with Gasteiger partial charge in [-0.3, -0.25) is 9.88 Å². The van der Waals surface area contributed by atoms with Crippen LogP contribution in [0.2, 0.25) is 0 Å². The molecule has 5 nitrogen and oxygen atoms in total. The van der Waals surface area contributed by atoms with Crippen LogP contribution in [0, 0.1) is 0 Å². The van der Waals surface area contributed by atoms with Gasteiger partial charge in [-0.25, -0.2) is 4.79 Å². The van der Waals surface area contributed by atoms with Gasteiger partial charge in [0, 0.05) is 19.3 Å². The molecule has 0 aliphatic carbocycles. The van der Waals surface area contributed by atoms with Crippen molar-refractivity contribution in [1.82, 2.24) is 9.88 Å². The molecule has 1 aromatic heterocycles. The maximum Gasteiger partial charge on any atom is 0.339 e. The fourth-order valence-electron chi connectivity index (χ4n) is 1.81. The van der Waals surface area contributed by atoms with Gasteiger partial charge in [0.1, 0.15) is 0 Å². The Bertz CT molecular complexity index is 410. The number of nitrogens with zero attached hydrogens (tertiary/aromatic N) is 2. The van der Waals surface area contributed by atoms with E-state index in [1.54, 1.807) is 26.0 Å². The van der Waals surface area contributed by atoms with Crippen molar-refractivity contribution in [2.75, 3.05) is 20.2 Å². The normalized spacial score (nSPS) is 11.7. The van der Waals surface area contributed by atoms with Crippen LogP contribution in [-0.4, -0.2) is 46.8 Å². The van der Waals surface area contributed by atoms with Gasteiger partial charge in [0.25, 0.3) is 0 Å². The monoisotopic (exact) mass is 266 g/mol. The molecule has 1 heterocycles. The predicted molar refractivity (Wildman–Crippen MR) is 72.8 cm³/mol. The highest BCUT2D eigenvalue weighted by Crippen LogP contribution is 2.09. The molecule has 0 saturated carbocycles. The molecule has 0 atom stereocenters. The van der Waals surface area contributed by atoms with Crippen molar-refractivity contribution in [1.29, 1.82) is 0 Å². The van der Waals surface area contributed by atoms with E-state index in [0.29, 0.717) is 18.7 Å². The largest absolute Gasteiger partial charge is 0.465 e. The van der Waals surface area contributed by atoms with Crippen LogP contribution in [0.4, 0.5) is 0 Å². The van der Waals surface area contributed by atoms with Crippen molar-refractivity contribution in [3.63, 3.8) is 0 Å². The van der Waals surface area contributed by atoms with E-state index in [1.165, 1.54) is 13.3 Å². The molecule has 0 fully saturated rings. The number of esters is 1. The maximum absolute atomic E-state index is 11.3. The fraction of sp³-hybridized carbons (Fsp3) is 0.571. The second-order valence-corrected chi connectivity index (χ2v) is 5.15. The Labute approximate surface area is 114 Å². The molecule has 0 aromatic carbocycles. The average molecular weight is 266 g/mol. The number of aliphatic hydroxyl groups is 1. The lowest BCUT2D eigenvalue weighted by Gasteiger charge is -2.27. The zero-order chi connectivity index (χ0) is 14.5. The standard InChI is InChI=1S/C14H22N2O3/c1-5-16(10-14(2,3)18)9-12-7-6-11(8-15-12)13(17)19-4/h6-8,18H,5,9-10H2,1-4H3. The van der Waals surface area contributed by atoms with Crippen molar-refractivity contribution in [3.8, 4) is 0 Å². The van der Waals surface area contributed by atoms with Gasteiger partial charge in [-0.1, -0.05) is 6.92 Å². The maximum atomic E-state index is 11.3. The summed E-state index contributed by atoms with van der Waals surface area (Å²) in [4.78, 5) is 17.6. The molecule has 0 spiro atoms. The second kappa shape index (κ2) is 6.63. The lowest BCUT2D eigenvalue weighted by Crippen LogP contribution is -2.38. The molecule has 0 bridgehead atoms. The first-order chi connectivity index (χ1) is 8.85. The Morgan fingerprint density at radius 1 is 1.47 bits per heavy atom. The van der Waals surface area contributed by atoms with Crippen LogP contribution in [0.3, 0.4) is 0 Å². The Kier molecular flexibility index (Phi) is 5.44. The molecule has 106 valence electrons. The van der Waals surface area contributed by atoms with Crippen molar-refractivity contribution in [2.45, 2.75) is 32.9 Å². The van der Waals surface area contributed by atoms with E-state index in [1.807, 2.05) is 6.92 Å². The first-order valence-electron chi connectivity index (χ1n) is 6.33. The molecule has 0 saturated heterocycles. The van der Waals surface area contributed by atoms with Crippen LogP contribution in [0.15, 0.2) is 18.3 Å². The van der Waals surface area contributed by atoms with E-state index in [0.717, 1.165) is 12.2 Å². The zero-order valence-electron chi connectivity index (χ0n) is 12.0. The summed E-state index contributed by atoms with van der Waals surface area (Å²) in [5.74, 6) is -0.386. The first kappa shape index (κ1) is 15.6. The molecule has 5 heteroatoms. The van der Waals surface area contributed by atoms with Crippen LogP contribution in [0.25, 0.3) is 0 Å². The van der Waals surface area contributed by atoms with Crippen molar-refractivity contribution in [2.24, 2.45) is 0 Å². The molecule has 1 N–H and O–H groups in total. The summed E-state index contributed by atoms with van der Waals surface area (Å²) < 4.78 is 4.62. The van der Waals surface area contributed by atoms with E-state index in [9.17, 15) is 9.90 Å². The van der Waals surface area contributed by atoms with Crippen molar-refractivity contribution < 1.29 is 14.6 Å². The number of likely N-dealkylation sites (N-methyl/N-ethyl adjacent to an activating group) is 1.